The number of benzene rings is 3. The van der Waals surface area contributed by atoms with Gasteiger partial charge in [0.15, 0.2) is 0 Å². The van der Waals surface area contributed by atoms with Crippen molar-refractivity contribution < 1.29 is 9.90 Å². The van der Waals surface area contributed by atoms with E-state index in [1.165, 1.54) is 27.8 Å². The monoisotopic (exact) mass is 408 g/mol. The van der Waals surface area contributed by atoms with Crippen molar-refractivity contribution in [2.24, 2.45) is 0 Å². The zero-order chi connectivity index (χ0) is 21.5. The van der Waals surface area contributed by atoms with E-state index < -0.39 is 5.97 Å². The number of fused-ring (bicyclic) bond motifs is 3. The lowest BCUT2D eigenvalue weighted by molar-refractivity contribution is 0.0697. The fraction of sp³-hybridized carbons (Fsp3) is 0.185. The first-order chi connectivity index (χ1) is 15.0. The molecule has 154 valence electrons. The van der Waals surface area contributed by atoms with Crippen LogP contribution in [-0.4, -0.2) is 20.6 Å². The summed E-state index contributed by atoms with van der Waals surface area (Å²) in [4.78, 5) is 16.2. The fourth-order valence-electron chi connectivity index (χ4n) is 4.46. The van der Waals surface area contributed by atoms with Crippen molar-refractivity contribution >= 4 is 22.6 Å². The highest BCUT2D eigenvalue weighted by molar-refractivity contribution is 5.92. The molecule has 1 aliphatic rings. The Hall–Kier alpha value is -3.66. The summed E-state index contributed by atoms with van der Waals surface area (Å²) >= 11 is 0. The normalized spacial score (nSPS) is 14.3. The van der Waals surface area contributed by atoms with Gasteiger partial charge in [-0.25, -0.2) is 9.78 Å². The molecule has 0 aliphatic heterocycles. The van der Waals surface area contributed by atoms with E-state index in [4.69, 9.17) is 0 Å². The second kappa shape index (κ2) is 7.55. The van der Waals surface area contributed by atoms with E-state index in [0.29, 0.717) is 12.1 Å². The zero-order valence-electron chi connectivity index (χ0n) is 17.7. The van der Waals surface area contributed by atoms with Crippen molar-refractivity contribution in [3.63, 3.8) is 0 Å². The number of nitrogens with zero attached hydrogens (tertiary/aromatic N) is 2. The summed E-state index contributed by atoms with van der Waals surface area (Å²) in [6, 6.07) is 18.3. The van der Waals surface area contributed by atoms with Crippen molar-refractivity contribution in [1.29, 1.82) is 0 Å². The maximum Gasteiger partial charge on any atom is 0.335 e. The molecule has 0 fully saturated rings. The molecule has 31 heavy (non-hydrogen) atoms. The number of aromatic carboxylic acids is 1. The van der Waals surface area contributed by atoms with Gasteiger partial charge in [0.25, 0.3) is 0 Å². The number of hydrogen-bond donors (Lipinski definition) is 1. The average Bonchev–Trinajstić information content (AvgIpc) is 3.07. The number of rotatable bonds is 3. The molecule has 4 aromatic rings. The van der Waals surface area contributed by atoms with Gasteiger partial charge in [0, 0.05) is 6.54 Å². The van der Waals surface area contributed by atoms with Gasteiger partial charge in [-0.3, -0.25) is 0 Å². The summed E-state index contributed by atoms with van der Waals surface area (Å²) in [5, 5.41) is 9.55. The highest BCUT2D eigenvalue weighted by atomic mass is 16.4. The third-order valence-corrected chi connectivity index (χ3v) is 6.35. The van der Waals surface area contributed by atoms with Gasteiger partial charge in [0.1, 0.15) is 0 Å². The molecule has 0 amide bonds. The number of allylic oxidation sites excluding steroid dienone is 1. The van der Waals surface area contributed by atoms with E-state index in [-0.39, 0.29) is 0 Å². The molecule has 1 N–H and O–H groups in total. The van der Waals surface area contributed by atoms with Crippen LogP contribution >= 0.6 is 0 Å². The maximum atomic E-state index is 11.6. The summed E-state index contributed by atoms with van der Waals surface area (Å²) < 4.78 is 2.16. The summed E-state index contributed by atoms with van der Waals surface area (Å²) in [7, 11) is 0. The first-order valence-electron chi connectivity index (χ1n) is 10.6. The fourth-order valence-corrected chi connectivity index (χ4v) is 4.46. The Morgan fingerprint density at radius 3 is 2.55 bits per heavy atom. The van der Waals surface area contributed by atoms with Crippen LogP contribution in [0.2, 0.25) is 0 Å². The van der Waals surface area contributed by atoms with Crippen LogP contribution < -0.4 is 0 Å². The summed E-state index contributed by atoms with van der Waals surface area (Å²) in [6.45, 7) is 4.89. The van der Waals surface area contributed by atoms with Crippen LogP contribution in [0.4, 0.5) is 0 Å². The van der Waals surface area contributed by atoms with Crippen LogP contribution in [-0.2, 0) is 19.4 Å². The largest absolute Gasteiger partial charge is 0.478 e. The molecule has 0 spiro atoms. The molecule has 4 nitrogen and oxygen atoms in total. The van der Waals surface area contributed by atoms with E-state index in [0.717, 1.165) is 35.0 Å². The first kappa shape index (κ1) is 19.3. The summed E-state index contributed by atoms with van der Waals surface area (Å²) in [5.74, 6) is -0.897. The van der Waals surface area contributed by atoms with E-state index in [1.54, 1.807) is 6.07 Å². The van der Waals surface area contributed by atoms with Gasteiger partial charge in [-0.15, -0.1) is 0 Å². The van der Waals surface area contributed by atoms with Gasteiger partial charge in [0.2, 0.25) is 0 Å². The van der Waals surface area contributed by atoms with E-state index in [1.807, 2.05) is 18.5 Å². The molecule has 5 rings (SSSR count). The topological polar surface area (TPSA) is 55.1 Å². The molecule has 0 saturated carbocycles. The summed E-state index contributed by atoms with van der Waals surface area (Å²) in [6.07, 6.45) is 5.94. The quantitative estimate of drug-likeness (QED) is 0.481. The molecule has 1 aromatic heterocycles. The van der Waals surface area contributed by atoms with E-state index in [2.05, 4.69) is 65.9 Å². The zero-order valence-corrected chi connectivity index (χ0v) is 17.7. The lowest BCUT2D eigenvalue weighted by Gasteiger charge is -2.13. The average molecular weight is 409 g/mol. The van der Waals surface area contributed by atoms with Crippen LogP contribution in [0.15, 0.2) is 67.0 Å². The number of carboxylic acid groups (broad SMARTS) is 1. The van der Waals surface area contributed by atoms with Gasteiger partial charge in [-0.05, 0) is 89.9 Å². The molecule has 3 aromatic carbocycles. The number of aryl methyl sites for hydroxylation is 4. The van der Waals surface area contributed by atoms with Crippen LogP contribution in [0, 0.1) is 13.8 Å². The SMILES string of the molecule is Cc1cc2ncn(C/C=C3/c4ccccc4CCc4ccc(C(=O)O)cc43)c2cc1C. The van der Waals surface area contributed by atoms with Crippen molar-refractivity contribution in [3.8, 4) is 0 Å². The van der Waals surface area contributed by atoms with Crippen LogP contribution in [0.3, 0.4) is 0 Å². The third kappa shape index (κ3) is 3.44. The Balaban J connectivity index is 1.66. The van der Waals surface area contributed by atoms with Crippen molar-refractivity contribution in [2.45, 2.75) is 33.2 Å². The van der Waals surface area contributed by atoms with Crippen LogP contribution in [0.1, 0.15) is 43.7 Å². The van der Waals surface area contributed by atoms with Crippen LogP contribution in [0.5, 0.6) is 0 Å². The molecular formula is C27H24N2O2. The van der Waals surface area contributed by atoms with E-state index in [9.17, 15) is 9.90 Å². The lowest BCUT2D eigenvalue weighted by atomic mass is 9.92. The second-order valence-electron chi connectivity index (χ2n) is 8.27. The minimum atomic E-state index is -0.897. The minimum Gasteiger partial charge on any atom is -0.478 e. The third-order valence-electron chi connectivity index (χ3n) is 6.35. The minimum absolute atomic E-state index is 0.322. The summed E-state index contributed by atoms with van der Waals surface area (Å²) in [5.41, 5.74) is 10.7. The van der Waals surface area contributed by atoms with Gasteiger partial charge < -0.3 is 9.67 Å². The maximum absolute atomic E-state index is 11.6. The standard InChI is InChI=1S/C27H24N2O2/c1-17-13-25-26(14-18(17)2)29(16-28-25)12-11-23-22-6-4-3-5-19(22)7-8-20-9-10-21(27(30)31)15-24(20)23/h3-6,9-11,13-16H,7-8,12H2,1-2H3,(H,30,31)/b23-11-. The van der Waals surface area contributed by atoms with Crippen molar-refractivity contribution in [3.05, 3.63) is 106 Å². The van der Waals surface area contributed by atoms with Gasteiger partial charge in [0.05, 0.1) is 22.9 Å². The number of aromatic nitrogens is 2. The predicted octanol–water partition coefficient (Wildman–Crippen LogP) is 5.58. The van der Waals surface area contributed by atoms with Gasteiger partial charge in [-0.2, -0.15) is 0 Å². The Kier molecular flexibility index (Phi) is 4.70. The molecule has 0 atom stereocenters. The molecule has 0 bridgehead atoms. The Bertz CT molecular complexity index is 1360. The number of imidazole rings is 1. The number of carboxylic acids is 1. The molecule has 0 unspecified atom stereocenters. The Labute approximate surface area is 181 Å². The smallest absolute Gasteiger partial charge is 0.335 e. The van der Waals surface area contributed by atoms with Gasteiger partial charge in [-0.1, -0.05) is 36.4 Å². The van der Waals surface area contributed by atoms with E-state index >= 15 is 0 Å². The molecule has 0 saturated heterocycles. The predicted molar refractivity (Wildman–Crippen MR) is 124 cm³/mol. The van der Waals surface area contributed by atoms with Gasteiger partial charge >= 0.3 is 5.97 Å². The molecule has 4 heteroatoms. The Morgan fingerprint density at radius 1 is 1.00 bits per heavy atom. The highest BCUT2D eigenvalue weighted by Gasteiger charge is 2.19. The molecule has 1 heterocycles. The lowest BCUT2D eigenvalue weighted by Crippen LogP contribution is -2.01. The van der Waals surface area contributed by atoms with Crippen molar-refractivity contribution in [2.75, 3.05) is 0 Å². The molecule has 0 radical (unpaired) electrons. The Morgan fingerprint density at radius 2 is 1.74 bits per heavy atom. The highest BCUT2D eigenvalue weighted by Crippen LogP contribution is 2.34. The number of carbonyl (C=O) groups is 1. The van der Waals surface area contributed by atoms with Crippen molar-refractivity contribution in [1.82, 2.24) is 9.55 Å². The van der Waals surface area contributed by atoms with Crippen LogP contribution in [0.25, 0.3) is 16.6 Å². The molecular weight excluding hydrogens is 384 g/mol. The first-order valence-corrected chi connectivity index (χ1v) is 10.6. The second-order valence-corrected chi connectivity index (χ2v) is 8.27. The number of hydrogen-bond acceptors (Lipinski definition) is 2. The molecule has 1 aliphatic carbocycles.